The zero-order chi connectivity index (χ0) is 11.6. The Labute approximate surface area is 96.0 Å². The van der Waals surface area contributed by atoms with E-state index in [2.05, 4.69) is 11.4 Å². The molecule has 1 aliphatic carbocycles. The third-order valence-electron chi connectivity index (χ3n) is 3.06. The summed E-state index contributed by atoms with van der Waals surface area (Å²) in [6, 6.07) is 8.38. The molecule has 0 aromatic heterocycles. The van der Waals surface area contributed by atoms with E-state index >= 15 is 0 Å². The molecule has 1 aromatic carbocycles. The zero-order valence-electron chi connectivity index (χ0n) is 9.71. The van der Waals surface area contributed by atoms with Gasteiger partial charge in [0.2, 0.25) is 0 Å². The van der Waals surface area contributed by atoms with Gasteiger partial charge in [-0.25, -0.2) is 0 Å². The second kappa shape index (κ2) is 4.05. The predicted octanol–water partition coefficient (Wildman–Crippen LogP) is 2.72. The Morgan fingerprint density at radius 1 is 1.50 bits per heavy atom. The molecule has 16 heavy (non-hydrogen) atoms. The molecule has 0 amide bonds. The van der Waals surface area contributed by atoms with Crippen LogP contribution in [0.25, 0.3) is 0 Å². The summed E-state index contributed by atoms with van der Waals surface area (Å²) in [5.41, 5.74) is 2.03. The van der Waals surface area contributed by atoms with Gasteiger partial charge in [-0.2, -0.15) is 5.26 Å². The molecule has 0 saturated heterocycles. The molecule has 3 heteroatoms. The van der Waals surface area contributed by atoms with Crippen LogP contribution >= 0.6 is 0 Å². The summed E-state index contributed by atoms with van der Waals surface area (Å²) in [5, 5.41) is 12.3. The summed E-state index contributed by atoms with van der Waals surface area (Å²) in [5.74, 6) is 0.833. The maximum absolute atomic E-state index is 8.99. The minimum Gasteiger partial charge on any atom is -0.495 e. The normalized spacial score (nSPS) is 16.3. The fourth-order valence-corrected chi connectivity index (χ4v) is 1.70. The van der Waals surface area contributed by atoms with Gasteiger partial charge in [-0.15, -0.1) is 0 Å². The van der Waals surface area contributed by atoms with Gasteiger partial charge in [-0.1, -0.05) is 6.07 Å². The predicted molar refractivity (Wildman–Crippen MR) is 63.5 cm³/mol. The first-order valence-electron chi connectivity index (χ1n) is 5.49. The van der Waals surface area contributed by atoms with Gasteiger partial charge in [0.05, 0.1) is 24.3 Å². The lowest BCUT2D eigenvalue weighted by Crippen LogP contribution is -2.13. The maximum atomic E-state index is 8.99. The van der Waals surface area contributed by atoms with Crippen molar-refractivity contribution in [1.29, 1.82) is 5.26 Å². The van der Waals surface area contributed by atoms with Crippen LogP contribution in [-0.4, -0.2) is 13.7 Å². The number of hydrogen-bond donors (Lipinski definition) is 1. The Morgan fingerprint density at radius 2 is 2.25 bits per heavy atom. The molecule has 1 aliphatic rings. The van der Waals surface area contributed by atoms with Crippen LogP contribution in [0.3, 0.4) is 0 Å². The van der Waals surface area contributed by atoms with E-state index in [1.807, 2.05) is 25.1 Å². The van der Waals surface area contributed by atoms with Crippen LogP contribution in [0.5, 0.6) is 5.75 Å². The topological polar surface area (TPSA) is 45.0 Å². The van der Waals surface area contributed by atoms with Gasteiger partial charge in [0.25, 0.3) is 0 Å². The van der Waals surface area contributed by atoms with E-state index < -0.39 is 0 Å². The average Bonchev–Trinajstić information content (AvgIpc) is 3.07. The van der Waals surface area contributed by atoms with E-state index in [1.54, 1.807) is 7.11 Å². The van der Waals surface area contributed by atoms with E-state index in [1.165, 1.54) is 5.56 Å². The van der Waals surface area contributed by atoms with Crippen molar-refractivity contribution in [3.8, 4) is 11.8 Å². The van der Waals surface area contributed by atoms with Crippen LogP contribution in [0.1, 0.15) is 18.4 Å². The lowest BCUT2D eigenvalue weighted by Gasteiger charge is -2.13. The molecule has 1 fully saturated rings. The molecule has 1 aromatic rings. The summed E-state index contributed by atoms with van der Waals surface area (Å²) in [6.45, 7) is 2.76. The third kappa shape index (κ3) is 2.11. The van der Waals surface area contributed by atoms with Gasteiger partial charge in [-0.05, 0) is 37.5 Å². The van der Waals surface area contributed by atoms with Crippen molar-refractivity contribution in [3.05, 3.63) is 23.8 Å². The first kappa shape index (κ1) is 10.8. The summed E-state index contributed by atoms with van der Waals surface area (Å²) < 4.78 is 5.27. The highest BCUT2D eigenvalue weighted by atomic mass is 16.5. The van der Waals surface area contributed by atoms with Crippen molar-refractivity contribution in [1.82, 2.24) is 0 Å². The fourth-order valence-electron chi connectivity index (χ4n) is 1.70. The Hall–Kier alpha value is -1.69. The van der Waals surface area contributed by atoms with Crippen LogP contribution in [0, 0.1) is 23.7 Å². The summed E-state index contributed by atoms with van der Waals surface area (Å²) in [7, 11) is 1.66. The zero-order valence-corrected chi connectivity index (χ0v) is 9.71. The van der Waals surface area contributed by atoms with Gasteiger partial charge in [0.1, 0.15) is 5.75 Å². The molecule has 1 N–H and O–H groups in total. The van der Waals surface area contributed by atoms with Gasteiger partial charge in [0.15, 0.2) is 0 Å². The number of nitrogens with zero attached hydrogens (tertiary/aromatic N) is 1. The minimum absolute atomic E-state index is 0.130. The number of ether oxygens (including phenoxy) is 1. The standard InChI is InChI=1S/C13H16N2O/c1-10-3-4-12(16-2)11(7-10)15-9-13(8-14)5-6-13/h3-4,7,15H,5-6,9H2,1-2H3. The van der Waals surface area contributed by atoms with Crippen molar-refractivity contribution in [2.24, 2.45) is 5.41 Å². The number of benzene rings is 1. The quantitative estimate of drug-likeness (QED) is 0.841. The van der Waals surface area contributed by atoms with Crippen molar-refractivity contribution in [2.75, 3.05) is 19.0 Å². The van der Waals surface area contributed by atoms with Crippen LogP contribution in [0.2, 0.25) is 0 Å². The molecule has 0 radical (unpaired) electrons. The first-order valence-corrected chi connectivity index (χ1v) is 5.49. The molecule has 0 unspecified atom stereocenters. The van der Waals surface area contributed by atoms with Crippen LogP contribution in [0.4, 0.5) is 5.69 Å². The summed E-state index contributed by atoms with van der Waals surface area (Å²) >= 11 is 0. The van der Waals surface area contributed by atoms with Crippen molar-refractivity contribution >= 4 is 5.69 Å². The van der Waals surface area contributed by atoms with E-state index in [0.29, 0.717) is 6.54 Å². The Balaban J connectivity index is 2.09. The molecule has 0 aliphatic heterocycles. The van der Waals surface area contributed by atoms with Gasteiger partial charge in [-0.3, -0.25) is 0 Å². The van der Waals surface area contributed by atoms with E-state index in [0.717, 1.165) is 24.3 Å². The van der Waals surface area contributed by atoms with Gasteiger partial charge < -0.3 is 10.1 Å². The van der Waals surface area contributed by atoms with Crippen LogP contribution in [0.15, 0.2) is 18.2 Å². The van der Waals surface area contributed by atoms with Crippen molar-refractivity contribution in [2.45, 2.75) is 19.8 Å². The first-order chi connectivity index (χ1) is 7.69. The number of nitriles is 1. The maximum Gasteiger partial charge on any atom is 0.141 e. The molecule has 0 bridgehead atoms. The smallest absolute Gasteiger partial charge is 0.141 e. The highest BCUT2D eigenvalue weighted by Gasteiger charge is 2.42. The molecule has 0 spiro atoms. The second-order valence-electron chi connectivity index (χ2n) is 4.45. The third-order valence-corrected chi connectivity index (χ3v) is 3.06. The number of rotatable bonds is 4. The van der Waals surface area contributed by atoms with Crippen molar-refractivity contribution < 1.29 is 4.74 Å². The SMILES string of the molecule is COc1ccc(C)cc1NCC1(C#N)CC1. The Bertz CT molecular complexity index is 430. The van der Waals surface area contributed by atoms with E-state index in [9.17, 15) is 0 Å². The number of aryl methyl sites for hydroxylation is 1. The van der Waals surface area contributed by atoms with Crippen molar-refractivity contribution in [3.63, 3.8) is 0 Å². The van der Waals surface area contributed by atoms with Gasteiger partial charge >= 0.3 is 0 Å². The minimum atomic E-state index is -0.130. The molecule has 0 heterocycles. The summed E-state index contributed by atoms with van der Waals surface area (Å²) in [6.07, 6.45) is 2.01. The average molecular weight is 216 g/mol. The van der Waals surface area contributed by atoms with Crippen LogP contribution < -0.4 is 10.1 Å². The molecule has 84 valence electrons. The van der Waals surface area contributed by atoms with E-state index in [-0.39, 0.29) is 5.41 Å². The summed E-state index contributed by atoms with van der Waals surface area (Å²) in [4.78, 5) is 0. The highest BCUT2D eigenvalue weighted by Crippen LogP contribution is 2.45. The van der Waals surface area contributed by atoms with E-state index in [4.69, 9.17) is 10.00 Å². The molecule has 2 rings (SSSR count). The molecule has 1 saturated carbocycles. The Kier molecular flexibility index (Phi) is 2.74. The monoisotopic (exact) mass is 216 g/mol. The lowest BCUT2D eigenvalue weighted by atomic mass is 10.1. The largest absolute Gasteiger partial charge is 0.495 e. The number of anilines is 1. The molecule has 0 atom stereocenters. The number of methoxy groups -OCH3 is 1. The van der Waals surface area contributed by atoms with Crippen LogP contribution in [-0.2, 0) is 0 Å². The molecule has 3 nitrogen and oxygen atoms in total. The second-order valence-corrected chi connectivity index (χ2v) is 4.45. The highest BCUT2D eigenvalue weighted by molar-refractivity contribution is 5.58. The Morgan fingerprint density at radius 3 is 2.81 bits per heavy atom. The molecular weight excluding hydrogens is 200 g/mol. The number of nitrogens with one attached hydrogen (secondary N) is 1. The fraction of sp³-hybridized carbons (Fsp3) is 0.462. The lowest BCUT2D eigenvalue weighted by molar-refractivity contribution is 0.416. The van der Waals surface area contributed by atoms with Gasteiger partial charge in [0, 0.05) is 6.54 Å². The number of hydrogen-bond acceptors (Lipinski definition) is 3. The molecular formula is C13H16N2O.